The molecule has 0 heterocycles. The fraction of sp³-hybridized carbons (Fsp3) is 0.615. The highest BCUT2D eigenvalue weighted by molar-refractivity contribution is 5.80. The van der Waals surface area contributed by atoms with E-state index in [2.05, 4.69) is 56.2 Å². The largest absolute Gasteiger partial charge is 0.369 e. The summed E-state index contributed by atoms with van der Waals surface area (Å²) in [7, 11) is 1.80. The van der Waals surface area contributed by atoms with E-state index >= 15 is 0 Å². The quantitative estimate of drug-likeness (QED) is 0.428. The molecule has 0 saturated carbocycles. The zero-order valence-electron chi connectivity index (χ0n) is 10.9. The lowest BCUT2D eigenvalue weighted by Crippen LogP contribution is -2.41. The van der Waals surface area contributed by atoms with Gasteiger partial charge in [-0.25, -0.2) is 0 Å². The summed E-state index contributed by atoms with van der Waals surface area (Å²) < 4.78 is 0. The summed E-state index contributed by atoms with van der Waals surface area (Å²) in [4.78, 5) is 4.10. The fourth-order valence-electron chi connectivity index (χ4n) is 1.23. The Morgan fingerprint density at radius 1 is 1.33 bits per heavy atom. The summed E-state index contributed by atoms with van der Waals surface area (Å²) in [6.45, 7) is 10.5. The maximum absolute atomic E-state index is 4.10. The number of hydrogen-bond donors (Lipinski definition) is 1. The zero-order valence-corrected chi connectivity index (χ0v) is 10.9. The van der Waals surface area contributed by atoms with Crippen molar-refractivity contribution in [3.8, 4) is 0 Å². The highest BCUT2D eigenvalue weighted by Crippen LogP contribution is 2.10. The SMILES string of the molecule is CC=C(C)C=CCC(C)(C)NC(C)=NC. The van der Waals surface area contributed by atoms with Gasteiger partial charge in [0.05, 0.1) is 5.84 Å². The molecule has 0 unspecified atom stereocenters. The molecule has 0 spiro atoms. The maximum Gasteiger partial charge on any atom is 0.0932 e. The minimum absolute atomic E-state index is 0.0636. The number of nitrogens with zero attached hydrogens (tertiary/aromatic N) is 1. The third-order valence-corrected chi connectivity index (χ3v) is 2.32. The summed E-state index contributed by atoms with van der Waals surface area (Å²) in [5, 5.41) is 3.38. The maximum atomic E-state index is 4.10. The molecule has 0 rings (SSSR count). The van der Waals surface area contributed by atoms with E-state index < -0.39 is 0 Å². The Bertz CT molecular complexity index is 270. The van der Waals surface area contributed by atoms with Gasteiger partial charge in [0, 0.05) is 12.6 Å². The molecule has 0 atom stereocenters. The molecule has 0 aromatic heterocycles. The van der Waals surface area contributed by atoms with Gasteiger partial charge in [0.15, 0.2) is 0 Å². The van der Waals surface area contributed by atoms with Crippen molar-refractivity contribution in [2.24, 2.45) is 4.99 Å². The first-order valence-electron chi connectivity index (χ1n) is 5.42. The molecular weight excluding hydrogens is 184 g/mol. The number of aliphatic imine (C=N–C) groups is 1. The molecular formula is C13H24N2. The van der Waals surface area contributed by atoms with Crippen LogP contribution in [0.3, 0.4) is 0 Å². The van der Waals surface area contributed by atoms with E-state index in [4.69, 9.17) is 0 Å². The van der Waals surface area contributed by atoms with Crippen molar-refractivity contribution >= 4 is 5.84 Å². The van der Waals surface area contributed by atoms with Crippen molar-refractivity contribution in [2.75, 3.05) is 7.05 Å². The van der Waals surface area contributed by atoms with Crippen molar-refractivity contribution in [3.63, 3.8) is 0 Å². The molecule has 0 fully saturated rings. The van der Waals surface area contributed by atoms with E-state index in [0.717, 1.165) is 12.3 Å². The van der Waals surface area contributed by atoms with E-state index in [1.807, 2.05) is 6.92 Å². The number of amidine groups is 1. The van der Waals surface area contributed by atoms with E-state index in [0.29, 0.717) is 0 Å². The topological polar surface area (TPSA) is 24.4 Å². The van der Waals surface area contributed by atoms with Gasteiger partial charge < -0.3 is 5.32 Å². The Kier molecular flexibility index (Phi) is 5.99. The van der Waals surface area contributed by atoms with Crippen LogP contribution < -0.4 is 5.32 Å². The summed E-state index contributed by atoms with van der Waals surface area (Å²) in [6, 6.07) is 0. The molecule has 0 aliphatic heterocycles. The fourth-order valence-corrected chi connectivity index (χ4v) is 1.23. The molecule has 0 amide bonds. The zero-order chi connectivity index (χ0) is 11.9. The van der Waals surface area contributed by atoms with Crippen LogP contribution >= 0.6 is 0 Å². The van der Waals surface area contributed by atoms with Crippen molar-refractivity contribution < 1.29 is 0 Å². The number of allylic oxidation sites excluding steroid dienone is 3. The van der Waals surface area contributed by atoms with E-state index in [9.17, 15) is 0 Å². The van der Waals surface area contributed by atoms with Crippen LogP contribution in [0.2, 0.25) is 0 Å². The highest BCUT2D eigenvalue weighted by Gasteiger charge is 2.15. The monoisotopic (exact) mass is 208 g/mol. The van der Waals surface area contributed by atoms with Gasteiger partial charge in [0.1, 0.15) is 0 Å². The Morgan fingerprint density at radius 3 is 2.40 bits per heavy atom. The van der Waals surface area contributed by atoms with E-state index in [-0.39, 0.29) is 5.54 Å². The van der Waals surface area contributed by atoms with Crippen LogP contribution in [-0.2, 0) is 0 Å². The van der Waals surface area contributed by atoms with Gasteiger partial charge in [-0.05, 0) is 41.0 Å². The number of rotatable bonds is 4. The van der Waals surface area contributed by atoms with E-state index in [1.54, 1.807) is 7.05 Å². The molecule has 0 radical (unpaired) electrons. The molecule has 0 saturated heterocycles. The highest BCUT2D eigenvalue weighted by atomic mass is 15.0. The van der Waals surface area contributed by atoms with Gasteiger partial charge in [0.2, 0.25) is 0 Å². The summed E-state index contributed by atoms with van der Waals surface area (Å²) in [5.74, 6) is 0.983. The molecule has 0 aromatic carbocycles. The lowest BCUT2D eigenvalue weighted by molar-refractivity contribution is 0.466. The minimum Gasteiger partial charge on any atom is -0.369 e. The lowest BCUT2D eigenvalue weighted by atomic mass is 10.00. The van der Waals surface area contributed by atoms with Crippen LogP contribution in [0, 0.1) is 0 Å². The molecule has 0 aromatic rings. The second-order valence-corrected chi connectivity index (χ2v) is 4.46. The summed E-state index contributed by atoms with van der Waals surface area (Å²) >= 11 is 0. The molecule has 1 N–H and O–H groups in total. The van der Waals surface area contributed by atoms with Gasteiger partial charge in [-0.3, -0.25) is 4.99 Å². The first-order chi connectivity index (χ1) is 6.91. The predicted molar refractivity (Wildman–Crippen MR) is 69.4 cm³/mol. The normalized spacial score (nSPS) is 14.8. The van der Waals surface area contributed by atoms with E-state index in [1.165, 1.54) is 5.57 Å². The van der Waals surface area contributed by atoms with Crippen molar-refractivity contribution in [1.29, 1.82) is 0 Å². The van der Waals surface area contributed by atoms with Gasteiger partial charge in [-0.2, -0.15) is 0 Å². The van der Waals surface area contributed by atoms with Crippen LogP contribution in [0.1, 0.15) is 41.0 Å². The molecule has 2 nitrogen and oxygen atoms in total. The molecule has 86 valence electrons. The van der Waals surface area contributed by atoms with Crippen LogP contribution in [-0.4, -0.2) is 18.4 Å². The standard InChI is InChI=1S/C13H24N2/c1-7-11(2)9-8-10-13(4,5)15-12(3)14-6/h7-9H,10H2,1-6H3,(H,14,15). The van der Waals surface area contributed by atoms with Crippen molar-refractivity contribution in [2.45, 2.75) is 46.6 Å². The van der Waals surface area contributed by atoms with Crippen molar-refractivity contribution in [3.05, 3.63) is 23.8 Å². The molecule has 2 heteroatoms. The average molecular weight is 208 g/mol. The lowest BCUT2D eigenvalue weighted by Gasteiger charge is -2.25. The summed E-state index contributed by atoms with van der Waals surface area (Å²) in [5.41, 5.74) is 1.36. The third-order valence-electron chi connectivity index (χ3n) is 2.32. The summed E-state index contributed by atoms with van der Waals surface area (Å²) in [6.07, 6.45) is 7.45. The Labute approximate surface area is 94.2 Å². The molecule has 0 bridgehead atoms. The smallest absolute Gasteiger partial charge is 0.0932 e. The first-order valence-corrected chi connectivity index (χ1v) is 5.42. The van der Waals surface area contributed by atoms with Crippen LogP contribution in [0.4, 0.5) is 0 Å². The van der Waals surface area contributed by atoms with Crippen LogP contribution in [0.25, 0.3) is 0 Å². The van der Waals surface area contributed by atoms with Gasteiger partial charge in [-0.1, -0.05) is 23.8 Å². The van der Waals surface area contributed by atoms with Crippen LogP contribution in [0.5, 0.6) is 0 Å². The van der Waals surface area contributed by atoms with Gasteiger partial charge in [-0.15, -0.1) is 0 Å². The molecule has 15 heavy (non-hydrogen) atoms. The third kappa shape index (κ3) is 6.95. The molecule has 0 aliphatic carbocycles. The van der Waals surface area contributed by atoms with Gasteiger partial charge in [0.25, 0.3) is 0 Å². The average Bonchev–Trinajstić information content (AvgIpc) is 2.16. The Balaban J connectivity index is 4.21. The van der Waals surface area contributed by atoms with Crippen LogP contribution in [0.15, 0.2) is 28.8 Å². The molecule has 0 aliphatic rings. The first kappa shape index (κ1) is 13.9. The van der Waals surface area contributed by atoms with Gasteiger partial charge >= 0.3 is 0 Å². The Hall–Kier alpha value is -1.05. The predicted octanol–water partition coefficient (Wildman–Crippen LogP) is 3.32. The second-order valence-electron chi connectivity index (χ2n) is 4.46. The number of nitrogens with one attached hydrogen (secondary N) is 1. The number of hydrogen-bond acceptors (Lipinski definition) is 1. The Morgan fingerprint density at radius 2 is 1.93 bits per heavy atom. The second kappa shape index (κ2) is 6.44. The minimum atomic E-state index is 0.0636. The van der Waals surface area contributed by atoms with Crippen molar-refractivity contribution in [1.82, 2.24) is 5.32 Å².